The van der Waals surface area contributed by atoms with Gasteiger partial charge in [-0.2, -0.15) is 10.5 Å². The van der Waals surface area contributed by atoms with Gasteiger partial charge in [-0.1, -0.05) is 47.8 Å². The number of nitrogens with two attached hydrogens (primary N) is 2. The summed E-state index contributed by atoms with van der Waals surface area (Å²) in [6.45, 7) is 0. The van der Waals surface area contributed by atoms with Crippen LogP contribution < -0.4 is 20.9 Å². The lowest BCUT2D eigenvalue weighted by Crippen LogP contribution is -2.05. The number of hydrogen-bond donors (Lipinski definition) is 2. The molecule has 0 saturated heterocycles. The fourth-order valence-corrected chi connectivity index (χ4v) is 3.98. The van der Waals surface area contributed by atoms with Gasteiger partial charge in [0.05, 0.1) is 34.1 Å². The number of methoxy groups -OCH3 is 2. The molecule has 0 spiro atoms. The number of benzene rings is 2. The van der Waals surface area contributed by atoms with Crippen LogP contribution in [0.25, 0.3) is 0 Å². The van der Waals surface area contributed by atoms with Gasteiger partial charge in [-0.3, -0.25) is 0 Å². The molecule has 2 aromatic rings. The van der Waals surface area contributed by atoms with Crippen LogP contribution in [-0.4, -0.2) is 14.2 Å². The minimum Gasteiger partial charge on any atom is -0.496 e. The molecule has 2 aromatic carbocycles. The van der Waals surface area contributed by atoms with Crippen LogP contribution in [0.2, 0.25) is 0 Å². The number of allylic oxidation sites excluding steroid dienone is 2. The fraction of sp³-hybridized carbons (Fsp3) is 0.100. The van der Waals surface area contributed by atoms with Crippen LogP contribution in [0.1, 0.15) is 0 Å². The summed E-state index contributed by atoms with van der Waals surface area (Å²) in [5.41, 5.74) is 12.3. The Hall–Kier alpha value is -3.20. The first-order chi connectivity index (χ1) is 13.5. The number of nitrogens with zero attached hydrogens (tertiary/aromatic N) is 2. The van der Waals surface area contributed by atoms with E-state index in [9.17, 15) is 10.5 Å². The van der Waals surface area contributed by atoms with Crippen LogP contribution in [0.4, 0.5) is 0 Å². The Kier molecular flexibility index (Phi) is 7.70. The molecule has 6 nitrogen and oxygen atoms in total. The van der Waals surface area contributed by atoms with E-state index in [1.54, 1.807) is 26.4 Å². The van der Waals surface area contributed by atoms with Gasteiger partial charge in [-0.25, -0.2) is 0 Å². The average molecular weight is 411 g/mol. The molecule has 0 aliphatic rings. The van der Waals surface area contributed by atoms with Crippen molar-refractivity contribution in [1.82, 2.24) is 0 Å². The standard InChI is InChI=1S/C20H18N4O2S2/c1-25-15-7-3-5-9-17(15)27-19(23)13(11-21)14(12-22)20(24)28-18-10-6-4-8-16(18)26-2/h3-10H,23-24H2,1-2H3/b19-13+,20-14+. The third-order valence-electron chi connectivity index (χ3n) is 3.54. The first-order valence-corrected chi connectivity index (χ1v) is 9.60. The quantitative estimate of drug-likeness (QED) is 0.400. The van der Waals surface area contributed by atoms with E-state index in [0.29, 0.717) is 11.5 Å². The summed E-state index contributed by atoms with van der Waals surface area (Å²) >= 11 is 2.28. The summed E-state index contributed by atoms with van der Waals surface area (Å²) in [5, 5.41) is 19.5. The van der Waals surface area contributed by atoms with Crippen molar-refractivity contribution in [3.8, 4) is 23.6 Å². The predicted octanol–water partition coefficient (Wildman–Crippen LogP) is 3.98. The minimum absolute atomic E-state index is 0.0123. The maximum absolute atomic E-state index is 9.61. The normalized spacial score (nSPS) is 12.1. The highest BCUT2D eigenvalue weighted by Crippen LogP contribution is 2.37. The molecule has 0 saturated carbocycles. The van der Waals surface area contributed by atoms with Crippen molar-refractivity contribution in [2.45, 2.75) is 9.79 Å². The second-order valence-corrected chi connectivity index (χ2v) is 7.38. The van der Waals surface area contributed by atoms with Crippen molar-refractivity contribution in [3.05, 3.63) is 69.7 Å². The highest BCUT2D eigenvalue weighted by Gasteiger charge is 2.17. The highest BCUT2D eigenvalue weighted by molar-refractivity contribution is 8.03. The first-order valence-electron chi connectivity index (χ1n) is 7.97. The van der Waals surface area contributed by atoms with Crippen LogP contribution in [-0.2, 0) is 0 Å². The van der Waals surface area contributed by atoms with Crippen LogP contribution in [0, 0.1) is 22.7 Å². The van der Waals surface area contributed by atoms with Crippen molar-refractivity contribution in [3.63, 3.8) is 0 Å². The molecule has 0 bridgehead atoms. The Bertz CT molecular complexity index is 922. The summed E-state index contributed by atoms with van der Waals surface area (Å²) < 4.78 is 10.6. The van der Waals surface area contributed by atoms with Gasteiger partial charge in [0.2, 0.25) is 0 Å². The lowest BCUT2D eigenvalue weighted by Gasteiger charge is -2.11. The van der Waals surface area contributed by atoms with Crippen LogP contribution in [0.5, 0.6) is 11.5 Å². The zero-order valence-corrected chi connectivity index (χ0v) is 16.9. The van der Waals surface area contributed by atoms with Crippen molar-refractivity contribution in [2.75, 3.05) is 14.2 Å². The third kappa shape index (κ3) is 4.95. The molecule has 0 aliphatic carbocycles. The molecule has 0 unspecified atom stereocenters. The lowest BCUT2D eigenvalue weighted by atomic mass is 10.1. The molecule has 0 aromatic heterocycles. The Morgan fingerprint density at radius 1 is 0.750 bits per heavy atom. The molecule has 0 heterocycles. The molecule has 28 heavy (non-hydrogen) atoms. The van der Waals surface area contributed by atoms with Gasteiger partial charge < -0.3 is 20.9 Å². The number of nitriles is 2. The van der Waals surface area contributed by atoms with Crippen LogP contribution in [0.15, 0.2) is 79.5 Å². The van der Waals surface area contributed by atoms with Crippen LogP contribution in [0.3, 0.4) is 0 Å². The second-order valence-electron chi connectivity index (χ2n) is 5.21. The summed E-state index contributed by atoms with van der Waals surface area (Å²) in [6, 6.07) is 18.5. The van der Waals surface area contributed by atoms with Gasteiger partial charge in [0.1, 0.15) is 34.8 Å². The highest BCUT2D eigenvalue weighted by atomic mass is 32.2. The van der Waals surface area contributed by atoms with E-state index in [-0.39, 0.29) is 21.2 Å². The van der Waals surface area contributed by atoms with Gasteiger partial charge >= 0.3 is 0 Å². The molecule has 4 N–H and O–H groups in total. The molecule has 142 valence electrons. The first kappa shape index (κ1) is 21.1. The van der Waals surface area contributed by atoms with E-state index < -0.39 is 0 Å². The number of thioether (sulfide) groups is 2. The Morgan fingerprint density at radius 2 is 1.11 bits per heavy atom. The zero-order chi connectivity index (χ0) is 20.5. The number of rotatable bonds is 7. The molecule has 0 amide bonds. The number of hydrogen-bond acceptors (Lipinski definition) is 8. The van der Waals surface area contributed by atoms with Gasteiger partial charge in [0.15, 0.2) is 0 Å². The average Bonchev–Trinajstić information content (AvgIpc) is 2.72. The van der Waals surface area contributed by atoms with E-state index >= 15 is 0 Å². The largest absolute Gasteiger partial charge is 0.496 e. The van der Waals surface area contributed by atoms with Gasteiger partial charge in [-0.15, -0.1) is 0 Å². The number of para-hydroxylation sites is 2. The zero-order valence-electron chi connectivity index (χ0n) is 15.3. The van der Waals surface area contributed by atoms with E-state index in [1.807, 2.05) is 48.5 Å². The summed E-state index contributed by atoms with van der Waals surface area (Å²) in [7, 11) is 3.10. The Morgan fingerprint density at radius 3 is 1.43 bits per heavy atom. The summed E-state index contributed by atoms with van der Waals surface area (Å²) in [5.74, 6) is 1.23. The Balaban J connectivity index is 2.43. The molecule has 0 aliphatic heterocycles. The predicted molar refractivity (Wildman–Crippen MR) is 111 cm³/mol. The molecule has 2 rings (SSSR count). The van der Waals surface area contributed by atoms with Crippen molar-refractivity contribution in [2.24, 2.45) is 11.5 Å². The monoisotopic (exact) mass is 410 g/mol. The van der Waals surface area contributed by atoms with Gasteiger partial charge in [0.25, 0.3) is 0 Å². The van der Waals surface area contributed by atoms with E-state index in [0.717, 1.165) is 33.3 Å². The molecule has 8 heteroatoms. The van der Waals surface area contributed by atoms with Gasteiger partial charge in [-0.05, 0) is 24.3 Å². The van der Waals surface area contributed by atoms with Gasteiger partial charge in [0, 0.05) is 0 Å². The second kappa shape index (κ2) is 10.2. The maximum Gasteiger partial charge on any atom is 0.132 e. The van der Waals surface area contributed by atoms with Crippen molar-refractivity contribution >= 4 is 23.5 Å². The maximum atomic E-state index is 9.61. The lowest BCUT2D eigenvalue weighted by molar-refractivity contribution is 0.405. The fourth-order valence-electron chi connectivity index (χ4n) is 2.21. The van der Waals surface area contributed by atoms with E-state index in [4.69, 9.17) is 20.9 Å². The van der Waals surface area contributed by atoms with E-state index in [1.165, 1.54) is 0 Å². The molecular formula is C20H18N4O2S2. The molecular weight excluding hydrogens is 392 g/mol. The summed E-state index contributed by atoms with van der Waals surface area (Å²) in [4.78, 5) is 1.45. The third-order valence-corrected chi connectivity index (χ3v) is 5.51. The minimum atomic E-state index is 0.0123. The molecule has 0 atom stereocenters. The number of ether oxygens (including phenoxy) is 2. The molecule has 0 fully saturated rings. The van der Waals surface area contributed by atoms with Crippen molar-refractivity contribution in [1.29, 1.82) is 10.5 Å². The molecule has 0 radical (unpaired) electrons. The topological polar surface area (TPSA) is 118 Å². The van der Waals surface area contributed by atoms with E-state index in [2.05, 4.69) is 0 Å². The smallest absolute Gasteiger partial charge is 0.132 e. The van der Waals surface area contributed by atoms with Crippen molar-refractivity contribution < 1.29 is 9.47 Å². The summed E-state index contributed by atoms with van der Waals surface area (Å²) in [6.07, 6.45) is 0. The SMILES string of the molecule is COc1ccccc1S/C(N)=C(C#N)/C(C#N)=C(\N)Sc1ccccc1OC. The Labute approximate surface area is 172 Å². The van der Waals surface area contributed by atoms with Crippen LogP contribution >= 0.6 is 23.5 Å².